The molecule has 2 amide bonds. The van der Waals surface area contributed by atoms with Gasteiger partial charge in [-0.15, -0.1) is 10.2 Å². The monoisotopic (exact) mass is 463 g/mol. The molecule has 156 valence electrons. The second-order valence-corrected chi connectivity index (χ2v) is 8.31. The van der Waals surface area contributed by atoms with Gasteiger partial charge in [-0.05, 0) is 36.8 Å². The van der Waals surface area contributed by atoms with Gasteiger partial charge in [-0.1, -0.05) is 53.2 Å². The zero-order valence-electron chi connectivity index (χ0n) is 16.3. The van der Waals surface area contributed by atoms with Crippen LogP contribution in [0.1, 0.15) is 11.4 Å². The van der Waals surface area contributed by atoms with Gasteiger partial charge < -0.3 is 15.2 Å². The van der Waals surface area contributed by atoms with Crippen LogP contribution >= 0.6 is 35.0 Å². The lowest BCUT2D eigenvalue weighted by Crippen LogP contribution is -2.17. The lowest BCUT2D eigenvalue weighted by Gasteiger charge is -2.08. The maximum Gasteiger partial charge on any atom is 0.234 e. The summed E-state index contributed by atoms with van der Waals surface area (Å²) in [5.41, 5.74) is 2.26. The average molecular weight is 464 g/mol. The number of hydrogen-bond donors (Lipinski definition) is 2. The molecule has 0 fully saturated rings. The first-order chi connectivity index (χ1) is 14.3. The van der Waals surface area contributed by atoms with Gasteiger partial charge in [0, 0.05) is 28.5 Å². The Hall–Kier alpha value is -2.55. The highest BCUT2D eigenvalue weighted by molar-refractivity contribution is 7.99. The number of anilines is 2. The van der Waals surface area contributed by atoms with E-state index in [1.165, 1.54) is 11.8 Å². The number of thioether (sulfide) groups is 1. The molecule has 0 atom stereocenters. The third-order valence-electron chi connectivity index (χ3n) is 4.14. The Morgan fingerprint density at radius 1 is 1.03 bits per heavy atom. The molecular formula is C20H19Cl2N5O2S. The van der Waals surface area contributed by atoms with Gasteiger partial charge in [-0.3, -0.25) is 9.59 Å². The predicted octanol–water partition coefficient (Wildman–Crippen LogP) is 4.34. The molecule has 0 unspecified atom stereocenters. The van der Waals surface area contributed by atoms with Crippen LogP contribution in [0.5, 0.6) is 0 Å². The van der Waals surface area contributed by atoms with Crippen molar-refractivity contribution >= 4 is 58.2 Å². The number of nitrogens with zero attached hydrogens (tertiary/aromatic N) is 3. The van der Waals surface area contributed by atoms with Crippen molar-refractivity contribution in [2.24, 2.45) is 7.05 Å². The standard InChI is InChI=1S/C20H19Cl2N5O2S/c1-12-5-3-4-6-16(12)24-18(28)10-17-25-26-20(27(17)2)30-11-19(29)23-15-8-13(21)7-14(22)9-15/h3-9H,10-11H2,1-2H3,(H,23,29)(H,24,28). The molecule has 0 aliphatic carbocycles. The lowest BCUT2D eigenvalue weighted by atomic mass is 10.2. The number of benzene rings is 2. The van der Waals surface area contributed by atoms with E-state index in [0.29, 0.717) is 26.7 Å². The molecule has 2 N–H and O–H groups in total. The minimum Gasteiger partial charge on any atom is -0.325 e. The fourth-order valence-electron chi connectivity index (χ4n) is 2.63. The maximum atomic E-state index is 12.3. The molecule has 10 heteroatoms. The summed E-state index contributed by atoms with van der Waals surface area (Å²) in [6, 6.07) is 12.4. The normalized spacial score (nSPS) is 10.7. The van der Waals surface area contributed by atoms with Crippen molar-refractivity contribution in [2.75, 3.05) is 16.4 Å². The average Bonchev–Trinajstić information content (AvgIpc) is 3.01. The number of amides is 2. The third-order valence-corrected chi connectivity index (χ3v) is 5.60. The summed E-state index contributed by atoms with van der Waals surface area (Å²) in [4.78, 5) is 24.5. The third kappa shape index (κ3) is 5.98. The van der Waals surface area contributed by atoms with E-state index < -0.39 is 0 Å². The van der Waals surface area contributed by atoms with E-state index in [4.69, 9.17) is 23.2 Å². The Bertz CT molecular complexity index is 1070. The number of nitrogens with one attached hydrogen (secondary N) is 2. The highest BCUT2D eigenvalue weighted by Gasteiger charge is 2.15. The molecule has 0 radical (unpaired) electrons. The van der Waals surface area contributed by atoms with E-state index in [9.17, 15) is 9.59 Å². The van der Waals surface area contributed by atoms with Crippen molar-refractivity contribution in [3.05, 3.63) is 63.9 Å². The summed E-state index contributed by atoms with van der Waals surface area (Å²) in [5.74, 6) is 0.198. The van der Waals surface area contributed by atoms with Gasteiger partial charge in [0.2, 0.25) is 11.8 Å². The number of aryl methyl sites for hydroxylation is 1. The summed E-state index contributed by atoms with van der Waals surface area (Å²) in [6.45, 7) is 1.93. The van der Waals surface area contributed by atoms with Crippen LogP contribution in [0.15, 0.2) is 47.6 Å². The first-order valence-electron chi connectivity index (χ1n) is 8.94. The summed E-state index contributed by atoms with van der Waals surface area (Å²) in [6.07, 6.45) is 0.0750. The number of para-hydroxylation sites is 1. The fraction of sp³-hybridized carbons (Fsp3) is 0.200. The van der Waals surface area contributed by atoms with E-state index in [-0.39, 0.29) is 24.0 Å². The quantitative estimate of drug-likeness (QED) is 0.508. The van der Waals surface area contributed by atoms with Crippen molar-refractivity contribution in [1.29, 1.82) is 0 Å². The lowest BCUT2D eigenvalue weighted by molar-refractivity contribution is -0.116. The van der Waals surface area contributed by atoms with Crippen molar-refractivity contribution in [3.8, 4) is 0 Å². The second kappa shape index (κ2) is 9.97. The van der Waals surface area contributed by atoms with Gasteiger partial charge in [-0.25, -0.2) is 0 Å². The SMILES string of the molecule is Cc1ccccc1NC(=O)Cc1nnc(SCC(=O)Nc2cc(Cl)cc(Cl)c2)n1C. The molecule has 2 aromatic carbocycles. The van der Waals surface area contributed by atoms with Crippen LogP contribution in [0, 0.1) is 6.92 Å². The van der Waals surface area contributed by atoms with Crippen LogP contribution in [-0.2, 0) is 23.1 Å². The summed E-state index contributed by atoms with van der Waals surface area (Å²) in [5, 5.41) is 15.2. The van der Waals surface area contributed by atoms with Crippen molar-refractivity contribution < 1.29 is 9.59 Å². The molecule has 0 saturated carbocycles. The van der Waals surface area contributed by atoms with Crippen LogP contribution in [-0.4, -0.2) is 32.3 Å². The van der Waals surface area contributed by atoms with E-state index in [1.807, 2.05) is 31.2 Å². The molecule has 30 heavy (non-hydrogen) atoms. The minimum absolute atomic E-state index is 0.0750. The first-order valence-corrected chi connectivity index (χ1v) is 10.7. The van der Waals surface area contributed by atoms with Crippen molar-refractivity contribution in [2.45, 2.75) is 18.5 Å². The maximum absolute atomic E-state index is 12.3. The molecule has 0 spiro atoms. The second-order valence-electron chi connectivity index (χ2n) is 6.49. The largest absolute Gasteiger partial charge is 0.325 e. The highest BCUT2D eigenvalue weighted by atomic mass is 35.5. The molecule has 3 aromatic rings. The van der Waals surface area contributed by atoms with Gasteiger partial charge in [-0.2, -0.15) is 0 Å². The molecule has 0 saturated heterocycles. The Morgan fingerprint density at radius 3 is 2.43 bits per heavy atom. The van der Waals surface area contributed by atoms with Crippen LogP contribution in [0.3, 0.4) is 0 Å². The van der Waals surface area contributed by atoms with E-state index in [1.54, 1.807) is 29.8 Å². The number of carbonyl (C=O) groups excluding carboxylic acids is 2. The molecular weight excluding hydrogens is 445 g/mol. The van der Waals surface area contributed by atoms with Gasteiger partial charge in [0.05, 0.1) is 12.2 Å². The summed E-state index contributed by atoms with van der Waals surface area (Å²) < 4.78 is 1.70. The van der Waals surface area contributed by atoms with Crippen LogP contribution < -0.4 is 10.6 Å². The molecule has 0 aliphatic heterocycles. The predicted molar refractivity (Wildman–Crippen MR) is 120 cm³/mol. The molecule has 0 bridgehead atoms. The number of hydrogen-bond acceptors (Lipinski definition) is 5. The Labute approximate surface area is 188 Å². The van der Waals surface area contributed by atoms with Crippen molar-refractivity contribution in [1.82, 2.24) is 14.8 Å². The zero-order valence-corrected chi connectivity index (χ0v) is 18.6. The molecule has 7 nitrogen and oxygen atoms in total. The zero-order chi connectivity index (χ0) is 21.7. The number of halogens is 2. The van der Waals surface area contributed by atoms with Gasteiger partial charge in [0.1, 0.15) is 5.82 Å². The summed E-state index contributed by atoms with van der Waals surface area (Å²) >= 11 is 13.1. The molecule has 1 heterocycles. The van der Waals surface area contributed by atoms with Crippen LogP contribution in [0.25, 0.3) is 0 Å². The van der Waals surface area contributed by atoms with E-state index in [2.05, 4.69) is 20.8 Å². The van der Waals surface area contributed by atoms with Gasteiger partial charge in [0.15, 0.2) is 5.16 Å². The summed E-state index contributed by atoms with van der Waals surface area (Å²) in [7, 11) is 1.76. The molecule has 0 aliphatic rings. The van der Waals surface area contributed by atoms with Crippen LogP contribution in [0.4, 0.5) is 11.4 Å². The molecule has 3 rings (SSSR count). The fourth-order valence-corrected chi connectivity index (χ4v) is 3.89. The van der Waals surface area contributed by atoms with E-state index >= 15 is 0 Å². The number of rotatable bonds is 7. The minimum atomic E-state index is -0.236. The van der Waals surface area contributed by atoms with E-state index in [0.717, 1.165) is 11.3 Å². The van der Waals surface area contributed by atoms with Gasteiger partial charge in [0.25, 0.3) is 0 Å². The number of aromatic nitrogens is 3. The Morgan fingerprint density at radius 2 is 1.73 bits per heavy atom. The molecule has 1 aromatic heterocycles. The smallest absolute Gasteiger partial charge is 0.234 e. The topological polar surface area (TPSA) is 88.9 Å². The Balaban J connectivity index is 1.55. The van der Waals surface area contributed by atoms with Crippen LogP contribution in [0.2, 0.25) is 10.0 Å². The number of carbonyl (C=O) groups is 2. The highest BCUT2D eigenvalue weighted by Crippen LogP contribution is 2.23. The van der Waals surface area contributed by atoms with Crippen molar-refractivity contribution in [3.63, 3.8) is 0 Å². The Kier molecular flexibility index (Phi) is 7.36. The van der Waals surface area contributed by atoms with Gasteiger partial charge >= 0.3 is 0 Å². The first kappa shape index (κ1) is 22.1.